The molecule has 0 saturated carbocycles. The summed E-state index contributed by atoms with van der Waals surface area (Å²) in [5, 5.41) is 3.18. The lowest BCUT2D eigenvalue weighted by Gasteiger charge is -2.00. The zero-order chi connectivity index (χ0) is 7.94. The van der Waals surface area contributed by atoms with Crippen LogP contribution in [0.4, 0.5) is 5.69 Å². The first-order chi connectivity index (χ1) is 5.43. The van der Waals surface area contributed by atoms with Crippen molar-refractivity contribution in [1.29, 1.82) is 0 Å². The van der Waals surface area contributed by atoms with Crippen LogP contribution in [0.1, 0.15) is 0 Å². The smallest absolute Gasteiger partial charge is 0.0347 e. The Hall–Kier alpha value is -1.44. The van der Waals surface area contributed by atoms with E-state index in [4.69, 9.17) is 5.73 Å². The van der Waals surface area contributed by atoms with Crippen LogP contribution in [0, 0.1) is 0 Å². The molecule has 11 heavy (non-hydrogen) atoms. The number of hydrogen-bond acceptors (Lipinski definition) is 2. The number of benzene rings is 1. The lowest BCUT2D eigenvalue weighted by Crippen LogP contribution is -1.98. The van der Waals surface area contributed by atoms with Crippen molar-refractivity contribution >= 4 is 5.69 Å². The minimum atomic E-state index is 0.778. The predicted octanol–water partition coefficient (Wildman–Crippen LogP) is 1.57. The summed E-state index contributed by atoms with van der Waals surface area (Å²) in [4.78, 5) is 0. The fraction of sp³-hybridized carbons (Fsp3) is 0.111. The standard InChI is InChI=1S/C9H12N2/c10-7-4-8-11-9-5-2-1-3-6-9/h1-7,11H,8,10H2. The van der Waals surface area contributed by atoms with Crippen molar-refractivity contribution in [3.8, 4) is 0 Å². The highest BCUT2D eigenvalue weighted by atomic mass is 14.9. The molecule has 0 aromatic heterocycles. The zero-order valence-electron chi connectivity index (χ0n) is 6.33. The molecule has 0 heterocycles. The highest BCUT2D eigenvalue weighted by Gasteiger charge is 1.83. The summed E-state index contributed by atoms with van der Waals surface area (Å²) in [5.74, 6) is 0. The summed E-state index contributed by atoms with van der Waals surface area (Å²) in [5.41, 5.74) is 6.29. The molecule has 3 N–H and O–H groups in total. The average molecular weight is 148 g/mol. The third-order valence-electron chi connectivity index (χ3n) is 1.33. The van der Waals surface area contributed by atoms with Gasteiger partial charge in [0.15, 0.2) is 0 Å². The molecule has 58 valence electrons. The Morgan fingerprint density at radius 3 is 2.64 bits per heavy atom. The molecule has 0 aliphatic heterocycles. The molecule has 2 heteroatoms. The van der Waals surface area contributed by atoms with Crippen molar-refractivity contribution in [2.45, 2.75) is 0 Å². The summed E-state index contributed by atoms with van der Waals surface area (Å²) >= 11 is 0. The van der Waals surface area contributed by atoms with E-state index in [-0.39, 0.29) is 0 Å². The van der Waals surface area contributed by atoms with Gasteiger partial charge in [-0.05, 0) is 24.4 Å². The van der Waals surface area contributed by atoms with Gasteiger partial charge in [-0.3, -0.25) is 0 Å². The van der Waals surface area contributed by atoms with Gasteiger partial charge in [0.25, 0.3) is 0 Å². The molecule has 0 spiro atoms. The maximum absolute atomic E-state index is 5.17. The summed E-state index contributed by atoms with van der Waals surface area (Å²) in [6.45, 7) is 0.778. The average Bonchev–Trinajstić information content (AvgIpc) is 2.07. The van der Waals surface area contributed by atoms with Crippen molar-refractivity contribution < 1.29 is 0 Å². The van der Waals surface area contributed by atoms with Crippen molar-refractivity contribution in [1.82, 2.24) is 0 Å². The van der Waals surface area contributed by atoms with Crippen LogP contribution in [-0.2, 0) is 0 Å². The third kappa shape index (κ3) is 2.76. The number of para-hydroxylation sites is 1. The van der Waals surface area contributed by atoms with Crippen LogP contribution >= 0.6 is 0 Å². The molecule has 0 radical (unpaired) electrons. The van der Waals surface area contributed by atoms with Gasteiger partial charge in [-0.1, -0.05) is 18.2 Å². The largest absolute Gasteiger partial charge is 0.405 e. The molecule has 0 amide bonds. The van der Waals surface area contributed by atoms with E-state index in [1.54, 1.807) is 0 Å². The maximum Gasteiger partial charge on any atom is 0.0347 e. The molecular formula is C9H12N2. The Balaban J connectivity index is 2.39. The molecule has 0 atom stereocenters. The van der Waals surface area contributed by atoms with Gasteiger partial charge in [-0.25, -0.2) is 0 Å². The maximum atomic E-state index is 5.17. The number of anilines is 1. The Morgan fingerprint density at radius 2 is 2.00 bits per heavy atom. The highest BCUT2D eigenvalue weighted by molar-refractivity contribution is 5.42. The topological polar surface area (TPSA) is 38.0 Å². The number of rotatable bonds is 3. The van der Waals surface area contributed by atoms with E-state index in [0.29, 0.717) is 0 Å². The van der Waals surface area contributed by atoms with E-state index in [1.165, 1.54) is 6.20 Å². The molecule has 0 bridgehead atoms. The molecule has 0 aliphatic carbocycles. The molecule has 1 aromatic rings. The van der Waals surface area contributed by atoms with Crippen LogP contribution in [0.2, 0.25) is 0 Å². The van der Waals surface area contributed by atoms with Gasteiger partial charge in [0.1, 0.15) is 0 Å². The summed E-state index contributed by atoms with van der Waals surface area (Å²) in [6, 6.07) is 10.0. The fourth-order valence-electron chi connectivity index (χ4n) is 0.801. The van der Waals surface area contributed by atoms with Gasteiger partial charge in [0, 0.05) is 12.2 Å². The Labute approximate surface area is 66.7 Å². The minimum Gasteiger partial charge on any atom is -0.405 e. The lowest BCUT2D eigenvalue weighted by molar-refractivity contribution is 1.32. The molecule has 0 aliphatic rings. The van der Waals surface area contributed by atoms with Crippen LogP contribution in [0.3, 0.4) is 0 Å². The van der Waals surface area contributed by atoms with E-state index in [9.17, 15) is 0 Å². The van der Waals surface area contributed by atoms with Gasteiger partial charge in [-0.15, -0.1) is 0 Å². The van der Waals surface area contributed by atoms with Crippen molar-refractivity contribution in [3.63, 3.8) is 0 Å². The lowest BCUT2D eigenvalue weighted by atomic mass is 10.3. The van der Waals surface area contributed by atoms with Crippen molar-refractivity contribution in [2.24, 2.45) is 5.73 Å². The molecule has 2 nitrogen and oxygen atoms in total. The first-order valence-electron chi connectivity index (χ1n) is 3.59. The van der Waals surface area contributed by atoms with Gasteiger partial charge in [0.2, 0.25) is 0 Å². The van der Waals surface area contributed by atoms with Crippen molar-refractivity contribution in [2.75, 3.05) is 11.9 Å². The second kappa shape index (κ2) is 4.39. The van der Waals surface area contributed by atoms with E-state index in [0.717, 1.165) is 12.2 Å². The molecule has 0 saturated heterocycles. The monoisotopic (exact) mass is 148 g/mol. The Bertz CT molecular complexity index is 216. The number of nitrogens with two attached hydrogens (primary N) is 1. The van der Waals surface area contributed by atoms with Crippen LogP contribution in [0.25, 0.3) is 0 Å². The summed E-state index contributed by atoms with van der Waals surface area (Å²) < 4.78 is 0. The highest BCUT2D eigenvalue weighted by Crippen LogP contribution is 2.03. The first-order valence-corrected chi connectivity index (χ1v) is 3.59. The first kappa shape index (κ1) is 7.66. The summed E-state index contributed by atoms with van der Waals surface area (Å²) in [7, 11) is 0. The van der Waals surface area contributed by atoms with Gasteiger partial charge < -0.3 is 11.1 Å². The van der Waals surface area contributed by atoms with Crippen LogP contribution < -0.4 is 11.1 Å². The fourth-order valence-corrected chi connectivity index (χ4v) is 0.801. The molecular weight excluding hydrogens is 136 g/mol. The minimum absolute atomic E-state index is 0.778. The molecule has 0 fully saturated rings. The number of nitrogens with one attached hydrogen (secondary N) is 1. The normalized spacial score (nSPS) is 10.2. The second-order valence-corrected chi connectivity index (χ2v) is 2.18. The molecule has 1 aromatic carbocycles. The van der Waals surface area contributed by atoms with E-state index >= 15 is 0 Å². The van der Waals surface area contributed by atoms with E-state index in [2.05, 4.69) is 5.32 Å². The quantitative estimate of drug-likeness (QED) is 0.682. The van der Waals surface area contributed by atoms with Crippen LogP contribution in [0.15, 0.2) is 42.6 Å². The molecule has 0 unspecified atom stereocenters. The zero-order valence-corrected chi connectivity index (χ0v) is 6.33. The van der Waals surface area contributed by atoms with Gasteiger partial charge in [0.05, 0.1) is 0 Å². The van der Waals surface area contributed by atoms with Crippen molar-refractivity contribution in [3.05, 3.63) is 42.6 Å². The Kier molecular flexibility index (Phi) is 3.06. The third-order valence-corrected chi connectivity index (χ3v) is 1.33. The van der Waals surface area contributed by atoms with Crippen LogP contribution in [-0.4, -0.2) is 6.54 Å². The molecule has 1 rings (SSSR count). The van der Waals surface area contributed by atoms with Gasteiger partial charge in [-0.2, -0.15) is 0 Å². The Morgan fingerprint density at radius 1 is 1.27 bits per heavy atom. The predicted molar refractivity (Wildman–Crippen MR) is 48.3 cm³/mol. The summed E-state index contributed by atoms with van der Waals surface area (Å²) in [6.07, 6.45) is 3.41. The van der Waals surface area contributed by atoms with E-state index < -0.39 is 0 Å². The number of hydrogen-bond donors (Lipinski definition) is 2. The van der Waals surface area contributed by atoms with E-state index in [1.807, 2.05) is 36.4 Å². The second-order valence-electron chi connectivity index (χ2n) is 2.18. The SMILES string of the molecule is NC=CCNc1ccccc1. The van der Waals surface area contributed by atoms with Crippen LogP contribution in [0.5, 0.6) is 0 Å². The van der Waals surface area contributed by atoms with Gasteiger partial charge >= 0.3 is 0 Å².